The Morgan fingerprint density at radius 3 is 2.33 bits per heavy atom. The molecule has 1 amide bonds. The minimum atomic E-state index is -0.878. The van der Waals surface area contributed by atoms with Crippen LogP contribution in [0.4, 0.5) is 5.69 Å². The second-order valence-corrected chi connectivity index (χ2v) is 5.14. The molecule has 0 spiro atoms. The van der Waals surface area contributed by atoms with Crippen molar-refractivity contribution >= 4 is 17.6 Å². The second kappa shape index (κ2) is 9.10. The van der Waals surface area contributed by atoms with Crippen LogP contribution in [0.5, 0.6) is 0 Å². The molecule has 6 heteroatoms. The van der Waals surface area contributed by atoms with E-state index in [-0.39, 0.29) is 18.9 Å². The second-order valence-electron chi connectivity index (χ2n) is 5.14. The minimum Gasteiger partial charge on any atom is -0.480 e. The van der Waals surface area contributed by atoms with Gasteiger partial charge in [-0.2, -0.15) is 0 Å². The van der Waals surface area contributed by atoms with Gasteiger partial charge in [-0.05, 0) is 26.2 Å². The van der Waals surface area contributed by atoms with Crippen molar-refractivity contribution in [2.75, 3.05) is 45.6 Å². The highest BCUT2D eigenvalue weighted by Gasteiger charge is 2.12. The maximum Gasteiger partial charge on any atom is 0.317 e. The number of rotatable bonds is 9. The molecule has 0 saturated heterocycles. The summed E-state index contributed by atoms with van der Waals surface area (Å²) in [4.78, 5) is 26.4. The van der Waals surface area contributed by atoms with Crippen LogP contribution in [0, 0.1) is 0 Å². The molecule has 0 aromatic heterocycles. The van der Waals surface area contributed by atoms with Crippen LogP contribution in [-0.2, 0) is 9.59 Å². The van der Waals surface area contributed by atoms with Crippen LogP contribution in [0.1, 0.15) is 6.42 Å². The van der Waals surface area contributed by atoms with E-state index in [0.29, 0.717) is 13.1 Å². The van der Waals surface area contributed by atoms with E-state index in [1.165, 1.54) is 0 Å². The molecule has 0 radical (unpaired) electrons. The molecular weight excluding hydrogens is 270 g/mol. The van der Waals surface area contributed by atoms with Crippen LogP contribution < -0.4 is 5.32 Å². The zero-order valence-electron chi connectivity index (χ0n) is 12.6. The monoisotopic (exact) mass is 293 g/mol. The highest BCUT2D eigenvalue weighted by atomic mass is 16.4. The lowest BCUT2D eigenvalue weighted by Gasteiger charge is -2.22. The van der Waals surface area contributed by atoms with Gasteiger partial charge < -0.3 is 15.3 Å². The van der Waals surface area contributed by atoms with Crippen LogP contribution in [0.2, 0.25) is 0 Å². The largest absolute Gasteiger partial charge is 0.480 e. The van der Waals surface area contributed by atoms with Crippen LogP contribution >= 0.6 is 0 Å². The number of amides is 1. The molecule has 1 aromatic carbocycles. The lowest BCUT2D eigenvalue weighted by molar-refractivity contribution is -0.138. The Hall–Kier alpha value is -1.92. The molecule has 0 fully saturated rings. The van der Waals surface area contributed by atoms with E-state index in [1.807, 2.05) is 49.3 Å². The van der Waals surface area contributed by atoms with Crippen LogP contribution in [-0.4, -0.2) is 67.1 Å². The quantitative estimate of drug-likeness (QED) is 0.709. The third-order valence-corrected chi connectivity index (χ3v) is 2.93. The van der Waals surface area contributed by atoms with Crippen molar-refractivity contribution in [1.82, 2.24) is 9.80 Å². The highest BCUT2D eigenvalue weighted by molar-refractivity contribution is 5.90. The van der Waals surface area contributed by atoms with Gasteiger partial charge in [0.05, 0.1) is 6.54 Å². The number of carboxylic acids is 1. The first-order valence-corrected chi connectivity index (χ1v) is 6.91. The Morgan fingerprint density at radius 1 is 1.10 bits per heavy atom. The summed E-state index contributed by atoms with van der Waals surface area (Å²) in [5.74, 6) is -0.987. The zero-order valence-corrected chi connectivity index (χ0v) is 12.6. The first kappa shape index (κ1) is 17.1. The van der Waals surface area contributed by atoms with Crippen molar-refractivity contribution in [2.45, 2.75) is 6.42 Å². The molecule has 1 aromatic rings. The van der Waals surface area contributed by atoms with Crippen molar-refractivity contribution in [3.8, 4) is 0 Å². The SMILES string of the molecule is CN(C)CCN(CCC(=O)Nc1ccccc1)CC(=O)O. The van der Waals surface area contributed by atoms with E-state index < -0.39 is 5.97 Å². The average Bonchev–Trinajstić information content (AvgIpc) is 2.42. The number of anilines is 1. The molecule has 0 saturated carbocycles. The zero-order chi connectivity index (χ0) is 15.7. The molecule has 6 nitrogen and oxygen atoms in total. The number of carboxylic acid groups (broad SMARTS) is 1. The highest BCUT2D eigenvalue weighted by Crippen LogP contribution is 2.05. The van der Waals surface area contributed by atoms with Gasteiger partial charge in [0, 0.05) is 31.7 Å². The summed E-state index contributed by atoms with van der Waals surface area (Å²) in [5.41, 5.74) is 0.751. The van der Waals surface area contributed by atoms with E-state index in [9.17, 15) is 9.59 Å². The number of aliphatic carboxylic acids is 1. The van der Waals surface area contributed by atoms with E-state index >= 15 is 0 Å². The first-order valence-electron chi connectivity index (χ1n) is 6.91. The van der Waals surface area contributed by atoms with Crippen molar-refractivity contribution in [3.63, 3.8) is 0 Å². The fourth-order valence-corrected chi connectivity index (χ4v) is 1.81. The summed E-state index contributed by atoms with van der Waals surface area (Å²) in [7, 11) is 3.86. The molecule has 0 aliphatic heterocycles. The fraction of sp³-hybridized carbons (Fsp3) is 0.467. The molecule has 0 atom stereocenters. The number of nitrogens with zero attached hydrogens (tertiary/aromatic N) is 2. The Labute approximate surface area is 125 Å². The molecule has 0 heterocycles. The van der Waals surface area contributed by atoms with Crippen LogP contribution in [0.15, 0.2) is 30.3 Å². The van der Waals surface area contributed by atoms with Crippen LogP contribution in [0.3, 0.4) is 0 Å². The third kappa shape index (κ3) is 8.06. The van der Waals surface area contributed by atoms with Gasteiger partial charge in [-0.15, -0.1) is 0 Å². The van der Waals surface area contributed by atoms with Crippen molar-refractivity contribution < 1.29 is 14.7 Å². The number of carbonyl (C=O) groups excluding carboxylic acids is 1. The van der Waals surface area contributed by atoms with Crippen LogP contribution in [0.25, 0.3) is 0 Å². The van der Waals surface area contributed by atoms with Gasteiger partial charge in [0.25, 0.3) is 0 Å². The average molecular weight is 293 g/mol. The van der Waals surface area contributed by atoms with Gasteiger partial charge in [-0.25, -0.2) is 0 Å². The molecular formula is C15H23N3O3. The van der Waals surface area contributed by atoms with Gasteiger partial charge in [0.15, 0.2) is 0 Å². The fourth-order valence-electron chi connectivity index (χ4n) is 1.81. The van der Waals surface area contributed by atoms with Gasteiger partial charge in [0.2, 0.25) is 5.91 Å². The van der Waals surface area contributed by atoms with Gasteiger partial charge in [0.1, 0.15) is 0 Å². The number of nitrogens with one attached hydrogen (secondary N) is 1. The summed E-state index contributed by atoms with van der Waals surface area (Å²) >= 11 is 0. The van der Waals surface area contributed by atoms with Crippen molar-refractivity contribution in [2.24, 2.45) is 0 Å². The number of likely N-dealkylation sites (N-methyl/N-ethyl adjacent to an activating group) is 1. The lowest BCUT2D eigenvalue weighted by Crippen LogP contribution is -2.37. The van der Waals surface area contributed by atoms with Gasteiger partial charge in [-0.1, -0.05) is 18.2 Å². The molecule has 0 aliphatic rings. The first-order chi connectivity index (χ1) is 9.97. The normalized spacial score (nSPS) is 10.9. The Kier molecular flexibility index (Phi) is 7.42. The molecule has 0 unspecified atom stereocenters. The topological polar surface area (TPSA) is 72.9 Å². The maximum atomic E-state index is 11.8. The third-order valence-electron chi connectivity index (χ3n) is 2.93. The standard InChI is InChI=1S/C15H23N3O3/c1-17(2)10-11-18(12-15(20)21)9-8-14(19)16-13-6-4-3-5-7-13/h3-7H,8-12H2,1-2H3,(H,16,19)(H,20,21). The van der Waals surface area contributed by atoms with Crippen molar-refractivity contribution in [1.29, 1.82) is 0 Å². The van der Waals surface area contributed by atoms with Gasteiger partial charge >= 0.3 is 5.97 Å². The van der Waals surface area contributed by atoms with Gasteiger partial charge in [-0.3, -0.25) is 14.5 Å². The minimum absolute atomic E-state index is 0.0491. The lowest BCUT2D eigenvalue weighted by atomic mass is 10.3. The number of benzene rings is 1. The predicted octanol–water partition coefficient (Wildman–Crippen LogP) is 0.963. The summed E-state index contributed by atoms with van der Waals surface area (Å²) < 4.78 is 0. The number of hydrogen-bond acceptors (Lipinski definition) is 4. The molecule has 0 bridgehead atoms. The summed E-state index contributed by atoms with van der Waals surface area (Å²) in [6, 6.07) is 9.22. The van der Waals surface area contributed by atoms with E-state index in [4.69, 9.17) is 5.11 Å². The molecule has 2 N–H and O–H groups in total. The summed E-state index contributed by atoms with van der Waals surface area (Å²) in [6.07, 6.45) is 0.273. The number of hydrogen-bond donors (Lipinski definition) is 2. The Balaban J connectivity index is 2.40. The maximum absolute atomic E-state index is 11.8. The van der Waals surface area contributed by atoms with Crippen molar-refractivity contribution in [3.05, 3.63) is 30.3 Å². The molecule has 21 heavy (non-hydrogen) atoms. The molecule has 0 aliphatic carbocycles. The molecule has 116 valence electrons. The Morgan fingerprint density at radius 2 is 1.76 bits per heavy atom. The number of carbonyl (C=O) groups is 2. The smallest absolute Gasteiger partial charge is 0.317 e. The molecule has 1 rings (SSSR count). The predicted molar refractivity (Wildman–Crippen MR) is 82.3 cm³/mol. The number of para-hydroxylation sites is 1. The summed E-state index contributed by atoms with van der Waals surface area (Å²) in [5, 5.41) is 11.7. The summed E-state index contributed by atoms with van der Waals surface area (Å²) in [6.45, 7) is 1.76. The Bertz CT molecular complexity index is 449. The van der Waals surface area contributed by atoms with E-state index in [0.717, 1.165) is 12.2 Å². The van der Waals surface area contributed by atoms with E-state index in [1.54, 1.807) is 4.90 Å². The van der Waals surface area contributed by atoms with E-state index in [2.05, 4.69) is 5.32 Å².